The first kappa shape index (κ1) is 20.2. The van der Waals surface area contributed by atoms with Gasteiger partial charge in [-0.3, -0.25) is 14.5 Å². The maximum atomic E-state index is 12.9. The van der Waals surface area contributed by atoms with Crippen molar-refractivity contribution in [1.29, 1.82) is 5.26 Å². The number of nitriles is 1. The summed E-state index contributed by atoms with van der Waals surface area (Å²) < 4.78 is 0. The molecule has 2 fully saturated rings. The fourth-order valence-electron chi connectivity index (χ4n) is 3.89. The van der Waals surface area contributed by atoms with Crippen LogP contribution in [0.5, 0.6) is 0 Å². The Balaban J connectivity index is 1.54. The van der Waals surface area contributed by atoms with Gasteiger partial charge in [0.05, 0.1) is 23.1 Å². The molecule has 5 nitrogen and oxygen atoms in total. The second kappa shape index (κ2) is 8.76. The molecule has 2 aromatic carbocycles. The molecule has 0 bridgehead atoms. The highest BCUT2D eigenvalue weighted by atomic mass is 32.2. The van der Waals surface area contributed by atoms with E-state index in [1.54, 1.807) is 30.3 Å². The SMILES string of the molecule is Cc1cc(N2CCCCC2)ccc1/C=C1/SC(=O)N(Cc2ccccc2C#N)C1=O. The van der Waals surface area contributed by atoms with Crippen molar-refractivity contribution in [3.8, 4) is 6.07 Å². The van der Waals surface area contributed by atoms with Gasteiger partial charge in [-0.1, -0.05) is 24.3 Å². The van der Waals surface area contributed by atoms with Gasteiger partial charge < -0.3 is 4.90 Å². The molecule has 2 saturated heterocycles. The van der Waals surface area contributed by atoms with Crippen LogP contribution in [0.2, 0.25) is 0 Å². The molecule has 0 spiro atoms. The van der Waals surface area contributed by atoms with Crippen molar-refractivity contribution in [1.82, 2.24) is 4.90 Å². The van der Waals surface area contributed by atoms with E-state index in [0.29, 0.717) is 16.0 Å². The van der Waals surface area contributed by atoms with Crippen LogP contribution in [0, 0.1) is 18.3 Å². The molecule has 2 aromatic rings. The van der Waals surface area contributed by atoms with Crippen LogP contribution in [0.25, 0.3) is 6.08 Å². The standard InChI is InChI=1S/C24H23N3O2S/c1-17-13-21(26-11-5-2-6-12-26)10-9-18(17)14-22-23(28)27(24(29)30-22)16-20-8-4-3-7-19(20)15-25/h3-4,7-10,13-14H,2,5-6,11-12,16H2,1H3/b22-14+. The second-order valence-corrected chi connectivity index (χ2v) is 8.62. The number of piperidine rings is 1. The Morgan fingerprint density at radius 2 is 1.87 bits per heavy atom. The normalized spacial score (nSPS) is 18.2. The molecule has 2 heterocycles. The lowest BCUT2D eigenvalue weighted by Gasteiger charge is -2.29. The molecule has 2 amide bonds. The molecule has 0 atom stereocenters. The summed E-state index contributed by atoms with van der Waals surface area (Å²) in [5.41, 5.74) is 4.39. The highest BCUT2D eigenvalue weighted by molar-refractivity contribution is 8.18. The van der Waals surface area contributed by atoms with Gasteiger partial charge in [0.25, 0.3) is 11.1 Å². The Morgan fingerprint density at radius 3 is 2.60 bits per heavy atom. The number of hydrogen-bond donors (Lipinski definition) is 0. The van der Waals surface area contributed by atoms with Crippen LogP contribution < -0.4 is 4.90 Å². The van der Waals surface area contributed by atoms with Gasteiger partial charge in [0.2, 0.25) is 0 Å². The number of rotatable bonds is 4. The molecular formula is C24H23N3O2S. The van der Waals surface area contributed by atoms with Crippen molar-refractivity contribution in [2.24, 2.45) is 0 Å². The second-order valence-electron chi connectivity index (χ2n) is 7.63. The van der Waals surface area contributed by atoms with E-state index in [0.717, 1.165) is 36.0 Å². The number of amides is 2. The average molecular weight is 418 g/mol. The smallest absolute Gasteiger partial charge is 0.293 e. The van der Waals surface area contributed by atoms with Crippen LogP contribution in [0.4, 0.5) is 10.5 Å². The van der Waals surface area contributed by atoms with Gasteiger partial charge in [0.15, 0.2) is 0 Å². The van der Waals surface area contributed by atoms with Crippen molar-refractivity contribution < 1.29 is 9.59 Å². The minimum absolute atomic E-state index is 0.110. The predicted molar refractivity (Wildman–Crippen MR) is 120 cm³/mol. The summed E-state index contributed by atoms with van der Waals surface area (Å²) >= 11 is 0.956. The molecular weight excluding hydrogens is 394 g/mol. The Labute approximate surface area is 181 Å². The molecule has 4 rings (SSSR count). The van der Waals surface area contributed by atoms with Crippen molar-refractivity contribution >= 4 is 34.7 Å². The highest BCUT2D eigenvalue weighted by Gasteiger charge is 2.35. The number of nitrogens with zero attached hydrogens (tertiary/aromatic N) is 3. The third kappa shape index (κ3) is 4.12. The van der Waals surface area contributed by atoms with E-state index in [4.69, 9.17) is 0 Å². The fourth-order valence-corrected chi connectivity index (χ4v) is 4.71. The quantitative estimate of drug-likeness (QED) is 0.648. The Bertz CT molecular complexity index is 1060. The summed E-state index contributed by atoms with van der Waals surface area (Å²) in [7, 11) is 0. The summed E-state index contributed by atoms with van der Waals surface area (Å²) in [5.74, 6) is -0.308. The first-order valence-corrected chi connectivity index (χ1v) is 11.0. The fraction of sp³-hybridized carbons (Fsp3) is 0.292. The van der Waals surface area contributed by atoms with Crippen molar-refractivity contribution in [3.05, 3.63) is 69.6 Å². The van der Waals surface area contributed by atoms with E-state index < -0.39 is 0 Å². The number of thioether (sulfide) groups is 1. The first-order valence-electron chi connectivity index (χ1n) is 10.2. The van der Waals surface area contributed by atoms with Gasteiger partial charge in [-0.25, -0.2) is 0 Å². The topological polar surface area (TPSA) is 64.4 Å². The van der Waals surface area contributed by atoms with Crippen LogP contribution in [0.1, 0.15) is 41.5 Å². The summed E-state index contributed by atoms with van der Waals surface area (Å²) in [5, 5.41) is 8.96. The van der Waals surface area contributed by atoms with Crippen molar-refractivity contribution in [3.63, 3.8) is 0 Å². The molecule has 0 saturated carbocycles. The van der Waals surface area contributed by atoms with E-state index >= 15 is 0 Å². The zero-order valence-corrected chi connectivity index (χ0v) is 17.7. The summed E-state index contributed by atoms with van der Waals surface area (Å²) in [6.45, 7) is 4.31. The zero-order chi connectivity index (χ0) is 21.1. The van der Waals surface area contributed by atoms with Crippen molar-refractivity contribution in [2.75, 3.05) is 18.0 Å². The summed E-state index contributed by atoms with van der Waals surface area (Å²) in [4.78, 5) is 29.4. The maximum absolute atomic E-state index is 12.9. The lowest BCUT2D eigenvalue weighted by Crippen LogP contribution is -2.29. The molecule has 0 radical (unpaired) electrons. The lowest BCUT2D eigenvalue weighted by atomic mass is 10.0. The van der Waals surface area contributed by atoms with E-state index in [1.807, 2.05) is 13.0 Å². The van der Waals surface area contributed by atoms with E-state index in [2.05, 4.69) is 23.1 Å². The van der Waals surface area contributed by atoms with Gasteiger partial charge in [-0.05, 0) is 78.9 Å². The van der Waals surface area contributed by atoms with Gasteiger partial charge in [0, 0.05) is 18.8 Å². The van der Waals surface area contributed by atoms with Gasteiger partial charge >= 0.3 is 0 Å². The summed E-state index contributed by atoms with van der Waals surface area (Å²) in [6, 6.07) is 15.4. The Kier molecular flexibility index (Phi) is 5.91. The monoisotopic (exact) mass is 417 g/mol. The molecule has 2 aliphatic rings. The summed E-state index contributed by atoms with van der Waals surface area (Å²) in [6.07, 6.45) is 5.55. The number of hydrogen-bond acceptors (Lipinski definition) is 5. The highest BCUT2D eigenvalue weighted by Crippen LogP contribution is 2.34. The number of aryl methyl sites for hydroxylation is 1. The molecule has 152 valence electrons. The average Bonchev–Trinajstić information content (AvgIpc) is 3.03. The largest absolute Gasteiger partial charge is 0.372 e. The molecule has 6 heteroatoms. The van der Waals surface area contributed by atoms with E-state index in [9.17, 15) is 14.9 Å². The maximum Gasteiger partial charge on any atom is 0.293 e. The van der Waals surface area contributed by atoms with E-state index in [-0.39, 0.29) is 17.7 Å². The van der Waals surface area contributed by atoms with Crippen LogP contribution in [-0.2, 0) is 11.3 Å². The number of carbonyl (C=O) groups excluding carboxylic acids is 2. The van der Waals surface area contributed by atoms with Gasteiger partial charge in [-0.2, -0.15) is 5.26 Å². The minimum atomic E-state index is -0.308. The number of benzene rings is 2. The lowest BCUT2D eigenvalue weighted by molar-refractivity contribution is -0.123. The zero-order valence-electron chi connectivity index (χ0n) is 16.9. The van der Waals surface area contributed by atoms with Crippen LogP contribution in [0.15, 0.2) is 47.4 Å². The number of carbonyl (C=O) groups is 2. The molecule has 0 unspecified atom stereocenters. The molecule has 0 aliphatic carbocycles. The third-order valence-corrected chi connectivity index (χ3v) is 6.51. The van der Waals surface area contributed by atoms with Crippen LogP contribution in [-0.4, -0.2) is 29.1 Å². The molecule has 2 aliphatic heterocycles. The Hall–Kier alpha value is -3.04. The van der Waals surface area contributed by atoms with Crippen LogP contribution >= 0.6 is 11.8 Å². The van der Waals surface area contributed by atoms with Crippen molar-refractivity contribution in [2.45, 2.75) is 32.7 Å². The third-order valence-electron chi connectivity index (χ3n) is 5.60. The number of anilines is 1. The molecule has 0 N–H and O–H groups in total. The van der Waals surface area contributed by atoms with Gasteiger partial charge in [0.1, 0.15) is 0 Å². The Morgan fingerprint density at radius 1 is 1.10 bits per heavy atom. The first-order chi connectivity index (χ1) is 14.6. The molecule has 0 aromatic heterocycles. The van der Waals surface area contributed by atoms with E-state index in [1.165, 1.54) is 29.8 Å². The van der Waals surface area contributed by atoms with Gasteiger partial charge in [-0.15, -0.1) is 0 Å². The predicted octanol–water partition coefficient (Wildman–Crippen LogP) is 5.09. The molecule has 30 heavy (non-hydrogen) atoms. The minimum Gasteiger partial charge on any atom is -0.372 e. The number of imide groups is 1. The van der Waals surface area contributed by atoms with Crippen LogP contribution in [0.3, 0.4) is 0 Å².